The lowest BCUT2D eigenvalue weighted by atomic mass is 10.2. The van der Waals surface area contributed by atoms with Crippen molar-refractivity contribution >= 4 is 5.82 Å². The van der Waals surface area contributed by atoms with Crippen LogP contribution in [0.2, 0.25) is 0 Å². The third-order valence-corrected chi connectivity index (χ3v) is 2.92. The predicted octanol–water partition coefficient (Wildman–Crippen LogP) is 1.45. The number of aromatic nitrogens is 2. The van der Waals surface area contributed by atoms with Gasteiger partial charge in [-0.2, -0.15) is 0 Å². The first-order valence-corrected chi connectivity index (χ1v) is 5.92. The van der Waals surface area contributed by atoms with Crippen LogP contribution < -0.4 is 10.6 Å². The summed E-state index contributed by atoms with van der Waals surface area (Å²) in [7, 11) is 0. The minimum atomic E-state index is 0.290. The van der Waals surface area contributed by atoms with Crippen molar-refractivity contribution in [2.45, 2.75) is 39.2 Å². The zero-order valence-corrected chi connectivity index (χ0v) is 10.3. The number of hydrogen-bond donors (Lipinski definition) is 1. The van der Waals surface area contributed by atoms with Gasteiger partial charge in [-0.15, -0.1) is 0 Å². The van der Waals surface area contributed by atoms with Gasteiger partial charge in [-0.25, -0.2) is 9.97 Å². The maximum Gasteiger partial charge on any atom is 0.133 e. The Kier molecular flexibility index (Phi) is 3.10. The fraction of sp³-hybridized carbons (Fsp3) is 0.667. The van der Waals surface area contributed by atoms with Crippen LogP contribution in [0.15, 0.2) is 6.07 Å². The van der Waals surface area contributed by atoms with Gasteiger partial charge in [0.25, 0.3) is 0 Å². The molecule has 1 fully saturated rings. The number of anilines is 1. The van der Waals surface area contributed by atoms with Crippen LogP contribution in [0.5, 0.6) is 0 Å². The Balaban J connectivity index is 2.27. The van der Waals surface area contributed by atoms with Crippen LogP contribution in [0.1, 0.15) is 37.7 Å². The molecule has 88 valence electrons. The van der Waals surface area contributed by atoms with Crippen LogP contribution in [0.3, 0.4) is 0 Å². The van der Waals surface area contributed by atoms with E-state index in [1.807, 2.05) is 13.0 Å². The molecule has 1 aromatic rings. The van der Waals surface area contributed by atoms with Crippen molar-refractivity contribution in [1.29, 1.82) is 0 Å². The standard InChI is InChI=1S/C12H20N4/c1-8(2)12-14-9(3)6-11(15-12)16-5-4-10(13)7-16/h6,8,10H,4-5,7,13H2,1-3H3/t10-/m0/s1. The Morgan fingerprint density at radius 2 is 2.19 bits per heavy atom. The van der Waals surface area contributed by atoms with Crippen LogP contribution in [0.4, 0.5) is 5.82 Å². The summed E-state index contributed by atoms with van der Waals surface area (Å²) >= 11 is 0. The summed E-state index contributed by atoms with van der Waals surface area (Å²) in [6.07, 6.45) is 1.06. The van der Waals surface area contributed by atoms with Crippen molar-refractivity contribution in [3.8, 4) is 0 Å². The highest BCUT2D eigenvalue weighted by atomic mass is 15.2. The first-order valence-electron chi connectivity index (χ1n) is 5.92. The van der Waals surface area contributed by atoms with Crippen LogP contribution in [0, 0.1) is 6.92 Å². The first kappa shape index (κ1) is 11.3. The second kappa shape index (κ2) is 4.37. The highest BCUT2D eigenvalue weighted by Gasteiger charge is 2.21. The predicted molar refractivity (Wildman–Crippen MR) is 65.7 cm³/mol. The van der Waals surface area contributed by atoms with Crippen molar-refractivity contribution in [1.82, 2.24) is 9.97 Å². The molecule has 1 saturated heterocycles. The van der Waals surface area contributed by atoms with E-state index >= 15 is 0 Å². The Hall–Kier alpha value is -1.16. The van der Waals surface area contributed by atoms with Crippen LogP contribution in [-0.4, -0.2) is 29.1 Å². The average Bonchev–Trinajstić information content (AvgIpc) is 2.64. The lowest BCUT2D eigenvalue weighted by Crippen LogP contribution is -2.27. The molecule has 0 bridgehead atoms. The van der Waals surface area contributed by atoms with E-state index < -0.39 is 0 Å². The molecule has 1 aliphatic rings. The van der Waals surface area contributed by atoms with Gasteiger partial charge in [-0.05, 0) is 13.3 Å². The van der Waals surface area contributed by atoms with E-state index in [1.165, 1.54) is 0 Å². The summed E-state index contributed by atoms with van der Waals surface area (Å²) in [6.45, 7) is 8.18. The minimum Gasteiger partial charge on any atom is -0.355 e. The Bertz CT molecular complexity index is 375. The molecule has 1 aliphatic heterocycles. The smallest absolute Gasteiger partial charge is 0.133 e. The second-order valence-corrected chi connectivity index (χ2v) is 4.88. The number of hydrogen-bond acceptors (Lipinski definition) is 4. The van der Waals surface area contributed by atoms with Gasteiger partial charge in [0, 0.05) is 36.8 Å². The lowest BCUT2D eigenvalue weighted by molar-refractivity contribution is 0.743. The van der Waals surface area contributed by atoms with Crippen LogP contribution in [0.25, 0.3) is 0 Å². The molecule has 0 amide bonds. The molecule has 1 atom stereocenters. The van der Waals surface area contributed by atoms with Crippen LogP contribution in [-0.2, 0) is 0 Å². The molecule has 0 aromatic carbocycles. The fourth-order valence-corrected chi connectivity index (χ4v) is 1.99. The van der Waals surface area contributed by atoms with Gasteiger partial charge >= 0.3 is 0 Å². The van der Waals surface area contributed by atoms with E-state index in [9.17, 15) is 0 Å². The number of rotatable bonds is 2. The zero-order valence-electron chi connectivity index (χ0n) is 10.3. The molecule has 0 spiro atoms. The summed E-state index contributed by atoms with van der Waals surface area (Å²) in [5, 5.41) is 0. The van der Waals surface area contributed by atoms with Crippen molar-refractivity contribution in [3.05, 3.63) is 17.6 Å². The topological polar surface area (TPSA) is 55.0 Å². The van der Waals surface area contributed by atoms with Crippen molar-refractivity contribution in [2.75, 3.05) is 18.0 Å². The number of aryl methyl sites for hydroxylation is 1. The fourth-order valence-electron chi connectivity index (χ4n) is 1.99. The summed E-state index contributed by atoms with van der Waals surface area (Å²) in [5.74, 6) is 2.33. The molecule has 2 N–H and O–H groups in total. The number of nitrogens with two attached hydrogens (primary N) is 1. The van der Waals surface area contributed by atoms with Crippen molar-refractivity contribution < 1.29 is 0 Å². The molecule has 16 heavy (non-hydrogen) atoms. The van der Waals surface area contributed by atoms with Gasteiger partial charge < -0.3 is 10.6 Å². The second-order valence-electron chi connectivity index (χ2n) is 4.88. The molecule has 0 unspecified atom stereocenters. The maximum absolute atomic E-state index is 5.91. The van der Waals surface area contributed by atoms with E-state index in [-0.39, 0.29) is 6.04 Å². The highest BCUT2D eigenvalue weighted by molar-refractivity contribution is 5.41. The summed E-state index contributed by atoms with van der Waals surface area (Å²) in [4.78, 5) is 11.3. The van der Waals surface area contributed by atoms with Crippen LogP contribution >= 0.6 is 0 Å². The maximum atomic E-state index is 5.91. The van der Waals surface area contributed by atoms with Gasteiger partial charge in [0.05, 0.1) is 0 Å². The normalized spacial score (nSPS) is 20.8. The molecule has 4 nitrogen and oxygen atoms in total. The van der Waals surface area contributed by atoms with E-state index in [2.05, 4.69) is 28.7 Å². The molecular formula is C12H20N4. The van der Waals surface area contributed by atoms with E-state index in [0.29, 0.717) is 5.92 Å². The van der Waals surface area contributed by atoms with Crippen molar-refractivity contribution in [2.24, 2.45) is 5.73 Å². The van der Waals surface area contributed by atoms with E-state index in [4.69, 9.17) is 5.73 Å². The summed E-state index contributed by atoms with van der Waals surface area (Å²) in [5.41, 5.74) is 6.95. The summed E-state index contributed by atoms with van der Waals surface area (Å²) < 4.78 is 0. The van der Waals surface area contributed by atoms with Crippen molar-refractivity contribution in [3.63, 3.8) is 0 Å². The molecule has 0 saturated carbocycles. The van der Waals surface area contributed by atoms with Gasteiger partial charge in [0.2, 0.25) is 0 Å². The molecule has 0 radical (unpaired) electrons. The first-order chi connectivity index (χ1) is 7.56. The monoisotopic (exact) mass is 220 g/mol. The van der Waals surface area contributed by atoms with Gasteiger partial charge in [-0.1, -0.05) is 13.8 Å². The van der Waals surface area contributed by atoms with E-state index in [1.54, 1.807) is 0 Å². The average molecular weight is 220 g/mol. The largest absolute Gasteiger partial charge is 0.355 e. The third kappa shape index (κ3) is 2.32. The summed E-state index contributed by atoms with van der Waals surface area (Å²) in [6, 6.07) is 2.34. The molecular weight excluding hydrogens is 200 g/mol. The van der Waals surface area contributed by atoms with Gasteiger partial charge in [0.15, 0.2) is 0 Å². The van der Waals surface area contributed by atoms with E-state index in [0.717, 1.165) is 36.8 Å². The zero-order chi connectivity index (χ0) is 11.7. The Labute approximate surface area is 96.9 Å². The molecule has 2 heterocycles. The molecule has 4 heteroatoms. The third-order valence-electron chi connectivity index (χ3n) is 2.92. The quantitative estimate of drug-likeness (QED) is 0.819. The van der Waals surface area contributed by atoms with Gasteiger partial charge in [-0.3, -0.25) is 0 Å². The molecule has 2 rings (SSSR count). The Morgan fingerprint density at radius 3 is 2.75 bits per heavy atom. The SMILES string of the molecule is Cc1cc(N2CC[C@H](N)C2)nc(C(C)C)n1. The molecule has 1 aromatic heterocycles. The number of nitrogens with zero attached hydrogens (tertiary/aromatic N) is 3. The van der Waals surface area contributed by atoms with Gasteiger partial charge in [0.1, 0.15) is 11.6 Å². The minimum absolute atomic E-state index is 0.290. The Morgan fingerprint density at radius 1 is 1.44 bits per heavy atom. The lowest BCUT2D eigenvalue weighted by Gasteiger charge is -2.18. The molecule has 0 aliphatic carbocycles. The highest BCUT2D eigenvalue weighted by Crippen LogP contribution is 2.20.